The maximum Gasteiger partial charge on any atom is 0.227 e. The Morgan fingerprint density at radius 2 is 1.73 bits per heavy atom. The molecule has 0 atom stereocenters. The highest BCUT2D eigenvalue weighted by molar-refractivity contribution is 6.00. The van der Waals surface area contributed by atoms with Crippen LogP contribution in [0.15, 0.2) is 36.4 Å². The van der Waals surface area contributed by atoms with Gasteiger partial charge in [-0.15, -0.1) is 0 Å². The Balaban J connectivity index is 1.85. The summed E-state index contributed by atoms with van der Waals surface area (Å²) in [4.78, 5) is 27.8. The highest BCUT2D eigenvalue weighted by Gasteiger charge is 2.19. The first-order valence-electron chi connectivity index (χ1n) is 7.61. The molecule has 0 radical (unpaired) electrons. The first-order chi connectivity index (χ1) is 10.7. The van der Waals surface area contributed by atoms with E-state index in [0.717, 1.165) is 48.8 Å². The predicted octanol–water partition coefficient (Wildman–Crippen LogP) is 1.97. The third kappa shape index (κ3) is 2.88. The molecule has 2 aromatic rings. The lowest BCUT2D eigenvalue weighted by atomic mass is 9.98. The maximum absolute atomic E-state index is 12.5. The zero-order valence-corrected chi connectivity index (χ0v) is 12.8. The summed E-state index contributed by atoms with van der Waals surface area (Å²) < 4.78 is 0. The molecule has 1 heterocycles. The second kappa shape index (κ2) is 6.28. The second-order valence-electron chi connectivity index (χ2n) is 5.84. The van der Waals surface area contributed by atoms with Gasteiger partial charge >= 0.3 is 0 Å². The van der Waals surface area contributed by atoms with Crippen molar-refractivity contribution >= 4 is 23.0 Å². The van der Waals surface area contributed by atoms with Crippen LogP contribution < -0.4 is 0 Å². The van der Waals surface area contributed by atoms with Crippen LogP contribution in [0.5, 0.6) is 0 Å². The summed E-state index contributed by atoms with van der Waals surface area (Å²) in [5, 5.41) is 1.91. The molecule has 1 amide bonds. The lowest BCUT2D eigenvalue weighted by Crippen LogP contribution is -2.47. The molecule has 0 aromatic heterocycles. The van der Waals surface area contributed by atoms with Crippen molar-refractivity contribution in [2.75, 3.05) is 33.2 Å². The number of hydrogen-bond donors (Lipinski definition) is 0. The van der Waals surface area contributed by atoms with Gasteiger partial charge in [-0.1, -0.05) is 36.4 Å². The molecule has 1 aliphatic rings. The largest absolute Gasteiger partial charge is 0.340 e. The van der Waals surface area contributed by atoms with Crippen molar-refractivity contribution in [3.8, 4) is 0 Å². The minimum absolute atomic E-state index is 0.164. The van der Waals surface area contributed by atoms with Gasteiger partial charge in [0, 0.05) is 31.7 Å². The minimum Gasteiger partial charge on any atom is -0.340 e. The molecular weight excluding hydrogens is 276 g/mol. The van der Waals surface area contributed by atoms with Crippen LogP contribution in [0.4, 0.5) is 0 Å². The summed E-state index contributed by atoms with van der Waals surface area (Å²) in [7, 11) is 2.08. The number of nitrogens with zero attached hydrogens (tertiary/aromatic N) is 2. The van der Waals surface area contributed by atoms with E-state index in [1.54, 1.807) is 0 Å². The van der Waals surface area contributed by atoms with Crippen LogP contribution in [0, 0.1) is 0 Å². The van der Waals surface area contributed by atoms with E-state index in [-0.39, 0.29) is 5.91 Å². The Labute approximate surface area is 130 Å². The molecule has 0 aliphatic carbocycles. The number of hydrogen-bond acceptors (Lipinski definition) is 3. The highest BCUT2D eigenvalue weighted by Crippen LogP contribution is 2.23. The van der Waals surface area contributed by atoms with Crippen LogP contribution in [0.25, 0.3) is 10.8 Å². The molecule has 0 spiro atoms. The van der Waals surface area contributed by atoms with Crippen LogP contribution >= 0.6 is 0 Å². The monoisotopic (exact) mass is 296 g/mol. The molecular formula is C18H20N2O2. The van der Waals surface area contributed by atoms with E-state index in [4.69, 9.17) is 0 Å². The molecule has 4 nitrogen and oxygen atoms in total. The van der Waals surface area contributed by atoms with Crippen LogP contribution in [-0.4, -0.2) is 55.2 Å². The third-order valence-electron chi connectivity index (χ3n) is 4.37. The van der Waals surface area contributed by atoms with Crippen molar-refractivity contribution in [1.29, 1.82) is 0 Å². The molecule has 114 valence electrons. The van der Waals surface area contributed by atoms with Crippen molar-refractivity contribution in [3.05, 3.63) is 47.5 Å². The number of carbonyl (C=O) groups excluding carboxylic acids is 2. The number of carbonyl (C=O) groups is 2. The van der Waals surface area contributed by atoms with E-state index in [9.17, 15) is 9.59 Å². The molecule has 2 aromatic carbocycles. The summed E-state index contributed by atoms with van der Waals surface area (Å²) in [6, 6.07) is 11.5. The quantitative estimate of drug-likeness (QED) is 0.813. The molecule has 4 heteroatoms. The Bertz CT molecular complexity index is 703. The van der Waals surface area contributed by atoms with Gasteiger partial charge < -0.3 is 9.80 Å². The van der Waals surface area contributed by atoms with E-state index in [1.807, 2.05) is 41.3 Å². The van der Waals surface area contributed by atoms with Crippen molar-refractivity contribution < 1.29 is 9.59 Å². The standard InChI is InChI=1S/C18H20N2O2/c1-19-8-10-20(11-9-19)18(22)12-14-6-7-15(13-21)17-5-3-2-4-16(14)17/h2-7,13H,8-12H2,1H3. The zero-order valence-electron chi connectivity index (χ0n) is 12.8. The summed E-state index contributed by atoms with van der Waals surface area (Å²) in [6.07, 6.45) is 1.26. The topological polar surface area (TPSA) is 40.6 Å². The van der Waals surface area contributed by atoms with Crippen LogP contribution in [0.3, 0.4) is 0 Å². The fourth-order valence-corrected chi connectivity index (χ4v) is 2.97. The number of benzene rings is 2. The number of rotatable bonds is 3. The smallest absolute Gasteiger partial charge is 0.227 e. The number of aldehydes is 1. The van der Waals surface area contributed by atoms with E-state index in [0.29, 0.717) is 12.0 Å². The molecule has 3 rings (SSSR count). The van der Waals surface area contributed by atoms with Gasteiger partial charge in [0.05, 0.1) is 6.42 Å². The Kier molecular flexibility index (Phi) is 4.20. The molecule has 1 aliphatic heterocycles. The number of piperazine rings is 1. The van der Waals surface area contributed by atoms with Gasteiger partial charge in [-0.05, 0) is 23.4 Å². The Morgan fingerprint density at radius 1 is 1.05 bits per heavy atom. The summed E-state index contributed by atoms with van der Waals surface area (Å²) in [5.41, 5.74) is 1.66. The zero-order chi connectivity index (χ0) is 15.5. The first-order valence-corrected chi connectivity index (χ1v) is 7.61. The van der Waals surface area contributed by atoms with E-state index in [2.05, 4.69) is 11.9 Å². The highest BCUT2D eigenvalue weighted by atomic mass is 16.2. The molecule has 0 bridgehead atoms. The molecule has 0 saturated carbocycles. The molecule has 0 unspecified atom stereocenters. The second-order valence-corrected chi connectivity index (χ2v) is 5.84. The maximum atomic E-state index is 12.5. The van der Waals surface area contributed by atoms with Gasteiger partial charge in [0.1, 0.15) is 0 Å². The molecule has 1 fully saturated rings. The summed E-state index contributed by atoms with van der Waals surface area (Å²) >= 11 is 0. The van der Waals surface area contributed by atoms with E-state index < -0.39 is 0 Å². The van der Waals surface area contributed by atoms with Crippen LogP contribution in [0.2, 0.25) is 0 Å². The van der Waals surface area contributed by atoms with Gasteiger partial charge in [0.25, 0.3) is 0 Å². The van der Waals surface area contributed by atoms with Crippen molar-refractivity contribution in [2.45, 2.75) is 6.42 Å². The number of fused-ring (bicyclic) bond motifs is 1. The van der Waals surface area contributed by atoms with Crippen molar-refractivity contribution in [1.82, 2.24) is 9.80 Å². The third-order valence-corrected chi connectivity index (χ3v) is 4.37. The van der Waals surface area contributed by atoms with Crippen LogP contribution in [0.1, 0.15) is 15.9 Å². The normalized spacial score (nSPS) is 16.0. The van der Waals surface area contributed by atoms with E-state index >= 15 is 0 Å². The predicted molar refractivity (Wildman–Crippen MR) is 87.1 cm³/mol. The lowest BCUT2D eigenvalue weighted by Gasteiger charge is -2.32. The Hall–Kier alpha value is -2.20. The number of amides is 1. The summed E-state index contributed by atoms with van der Waals surface area (Å²) in [6.45, 7) is 3.44. The van der Waals surface area contributed by atoms with Gasteiger partial charge in [0.15, 0.2) is 6.29 Å². The fraction of sp³-hybridized carbons (Fsp3) is 0.333. The molecule has 0 N–H and O–H groups in total. The Morgan fingerprint density at radius 3 is 2.41 bits per heavy atom. The summed E-state index contributed by atoms with van der Waals surface area (Å²) in [5.74, 6) is 0.164. The van der Waals surface area contributed by atoms with Crippen molar-refractivity contribution in [2.24, 2.45) is 0 Å². The van der Waals surface area contributed by atoms with Gasteiger partial charge in [-0.3, -0.25) is 9.59 Å². The van der Waals surface area contributed by atoms with Crippen molar-refractivity contribution in [3.63, 3.8) is 0 Å². The average Bonchev–Trinajstić information content (AvgIpc) is 2.55. The molecule has 22 heavy (non-hydrogen) atoms. The minimum atomic E-state index is 0.164. The molecule has 1 saturated heterocycles. The average molecular weight is 296 g/mol. The van der Waals surface area contributed by atoms with E-state index in [1.165, 1.54) is 0 Å². The van der Waals surface area contributed by atoms with Crippen LogP contribution in [-0.2, 0) is 11.2 Å². The van der Waals surface area contributed by atoms with Gasteiger partial charge in [-0.2, -0.15) is 0 Å². The number of likely N-dealkylation sites (N-methyl/N-ethyl adjacent to an activating group) is 1. The van der Waals surface area contributed by atoms with Gasteiger partial charge in [0.2, 0.25) is 5.91 Å². The fourth-order valence-electron chi connectivity index (χ4n) is 2.97. The van der Waals surface area contributed by atoms with Gasteiger partial charge in [-0.25, -0.2) is 0 Å². The lowest BCUT2D eigenvalue weighted by molar-refractivity contribution is -0.132. The SMILES string of the molecule is CN1CCN(C(=O)Cc2ccc(C=O)c3ccccc23)CC1. The first kappa shape index (κ1) is 14.7.